The van der Waals surface area contributed by atoms with E-state index < -0.39 is 0 Å². The molecule has 1 aliphatic rings. The molecule has 4 aromatic rings. The van der Waals surface area contributed by atoms with Gasteiger partial charge in [0, 0.05) is 11.3 Å². The van der Waals surface area contributed by atoms with Crippen LogP contribution in [0.5, 0.6) is 5.75 Å². The lowest BCUT2D eigenvalue weighted by Crippen LogP contribution is -2.16. The van der Waals surface area contributed by atoms with Crippen molar-refractivity contribution in [2.75, 3.05) is 12.4 Å². The number of allylic oxidation sites excluding steroid dienone is 1. The average Bonchev–Trinajstić information content (AvgIpc) is 3.41. The fraction of sp³-hybridized carbons (Fsp3) is 0.100. The Morgan fingerprint density at radius 3 is 2.75 bits per heavy atom. The van der Waals surface area contributed by atoms with Crippen LogP contribution in [0.1, 0.15) is 22.6 Å². The summed E-state index contributed by atoms with van der Waals surface area (Å²) in [4.78, 5) is 3.89. The minimum absolute atomic E-state index is 0.347. The number of benzene rings is 2. The Bertz CT molecular complexity index is 1250. The number of nitrogens with zero attached hydrogens (tertiary/aromatic N) is 4. The summed E-state index contributed by atoms with van der Waals surface area (Å²) in [6, 6.07) is 13.2. The number of fused-ring (bicyclic) bond motifs is 2. The number of aromatic amines is 1. The Labute approximate surface area is 159 Å². The summed E-state index contributed by atoms with van der Waals surface area (Å²) in [5.74, 6) is 1.15. The molecule has 8 heteroatoms. The highest BCUT2D eigenvalue weighted by atomic mass is 16.6. The summed E-state index contributed by atoms with van der Waals surface area (Å²) in [6.07, 6.45) is 1.73. The molecule has 0 saturated heterocycles. The topological polar surface area (TPSA) is 93.2 Å². The third-order valence-corrected chi connectivity index (χ3v) is 4.89. The number of ether oxygens (including phenoxy) is 1. The van der Waals surface area contributed by atoms with Gasteiger partial charge >= 0.3 is 0 Å². The fourth-order valence-corrected chi connectivity index (χ4v) is 3.57. The molecule has 136 valence electrons. The summed E-state index contributed by atoms with van der Waals surface area (Å²) in [5, 5.41) is 18.5. The Morgan fingerprint density at radius 1 is 1.11 bits per heavy atom. The minimum Gasteiger partial charge on any atom is -0.497 e. The summed E-state index contributed by atoms with van der Waals surface area (Å²) >= 11 is 0. The molecule has 0 saturated carbocycles. The summed E-state index contributed by atoms with van der Waals surface area (Å²) in [5.41, 5.74) is 5.15. The van der Waals surface area contributed by atoms with Gasteiger partial charge in [-0.15, -0.1) is 0 Å². The molecule has 0 bridgehead atoms. The maximum atomic E-state index is 7.91. The summed E-state index contributed by atoms with van der Waals surface area (Å²) in [6.45, 7) is 7.91. The molecule has 3 heterocycles. The highest BCUT2D eigenvalue weighted by Gasteiger charge is 2.34. The van der Waals surface area contributed by atoms with Gasteiger partial charge in [0.05, 0.1) is 25.8 Å². The quantitative estimate of drug-likeness (QED) is 0.533. The molecule has 2 N–H and O–H groups in total. The van der Waals surface area contributed by atoms with E-state index in [1.165, 1.54) is 0 Å². The normalized spacial score (nSPS) is 15.8. The van der Waals surface area contributed by atoms with Gasteiger partial charge in [-0.2, -0.15) is 5.10 Å². The van der Waals surface area contributed by atoms with Crippen molar-refractivity contribution in [3.63, 3.8) is 0 Å². The molecular weight excluding hydrogens is 356 g/mol. The van der Waals surface area contributed by atoms with Gasteiger partial charge in [-0.3, -0.25) is 5.10 Å². The van der Waals surface area contributed by atoms with Crippen LogP contribution < -0.4 is 10.1 Å². The zero-order valence-electron chi connectivity index (χ0n) is 14.8. The lowest BCUT2D eigenvalue weighted by Gasteiger charge is -2.26. The van der Waals surface area contributed by atoms with Crippen molar-refractivity contribution in [3.05, 3.63) is 82.5 Å². The molecule has 1 aliphatic heterocycles. The van der Waals surface area contributed by atoms with Crippen LogP contribution in [-0.4, -0.2) is 27.6 Å². The number of hydrogen-bond donors (Lipinski definition) is 2. The molecule has 2 aromatic heterocycles. The molecule has 0 aliphatic carbocycles. The van der Waals surface area contributed by atoms with E-state index in [0.717, 1.165) is 28.3 Å². The van der Waals surface area contributed by atoms with E-state index in [4.69, 9.17) is 15.9 Å². The maximum Gasteiger partial charge on any atom is 0.200 e. The Hall–Kier alpha value is -4.12. The number of nitrogens with one attached hydrogen (secondary N) is 2. The molecular formula is C20H14N6O2. The second kappa shape index (κ2) is 6.25. The lowest BCUT2D eigenvalue weighted by molar-refractivity contribution is 0.315. The Morgan fingerprint density at radius 2 is 1.96 bits per heavy atom. The van der Waals surface area contributed by atoms with E-state index in [2.05, 4.69) is 30.7 Å². The number of H-pyrrole nitrogens is 1. The third-order valence-electron chi connectivity index (χ3n) is 4.89. The van der Waals surface area contributed by atoms with E-state index in [0.29, 0.717) is 22.4 Å². The fourth-order valence-electron chi connectivity index (χ4n) is 3.57. The monoisotopic (exact) mass is 370 g/mol. The molecule has 28 heavy (non-hydrogen) atoms. The molecule has 0 spiro atoms. The van der Waals surface area contributed by atoms with Gasteiger partial charge in [0.2, 0.25) is 5.70 Å². The number of rotatable bonds is 3. The highest BCUT2D eigenvalue weighted by molar-refractivity contribution is 5.88. The molecule has 0 fully saturated rings. The van der Waals surface area contributed by atoms with Gasteiger partial charge in [0.15, 0.2) is 0 Å². The molecule has 5 rings (SSSR count). The van der Waals surface area contributed by atoms with Crippen molar-refractivity contribution in [2.24, 2.45) is 0 Å². The van der Waals surface area contributed by atoms with E-state index in [9.17, 15) is 0 Å². The first-order valence-corrected chi connectivity index (χ1v) is 8.57. The third kappa shape index (κ3) is 2.34. The first-order valence-electron chi connectivity index (χ1n) is 8.57. The lowest BCUT2D eigenvalue weighted by atomic mass is 9.85. The van der Waals surface area contributed by atoms with Crippen molar-refractivity contribution >= 4 is 22.5 Å². The van der Waals surface area contributed by atoms with Crippen molar-refractivity contribution in [1.82, 2.24) is 20.5 Å². The molecule has 1 unspecified atom stereocenters. The van der Waals surface area contributed by atoms with E-state index in [1.807, 2.05) is 42.5 Å². The molecule has 1 atom stereocenters. The molecule has 8 nitrogen and oxygen atoms in total. The maximum absolute atomic E-state index is 7.91. The second-order valence-electron chi connectivity index (χ2n) is 6.34. The van der Waals surface area contributed by atoms with Crippen molar-refractivity contribution in [1.29, 1.82) is 0 Å². The van der Waals surface area contributed by atoms with E-state index >= 15 is 0 Å². The van der Waals surface area contributed by atoms with Gasteiger partial charge in [-0.25, -0.2) is 9.47 Å². The summed E-state index contributed by atoms with van der Waals surface area (Å²) in [7, 11) is 1.62. The first-order chi connectivity index (χ1) is 13.8. The zero-order chi connectivity index (χ0) is 19.1. The smallest absolute Gasteiger partial charge is 0.200 e. The predicted octanol–water partition coefficient (Wildman–Crippen LogP) is 3.80. The van der Waals surface area contributed by atoms with Crippen LogP contribution in [-0.2, 0) is 0 Å². The number of methoxy groups -OCH3 is 1. The van der Waals surface area contributed by atoms with E-state index in [1.54, 1.807) is 13.3 Å². The van der Waals surface area contributed by atoms with Crippen molar-refractivity contribution < 1.29 is 9.37 Å². The Balaban J connectivity index is 1.75. The van der Waals surface area contributed by atoms with Crippen LogP contribution in [0.2, 0.25) is 0 Å². The predicted molar refractivity (Wildman–Crippen MR) is 102 cm³/mol. The standard InChI is InChI=1S/C20H14N6O2/c1-21-19-16(13-4-3-5-15-18(13)26-28-25-15)14-10-22-24-20(14)23-17(19)11-6-8-12(27-2)9-7-11/h3-10,16H,2H3,(H2,22,23,24). The van der Waals surface area contributed by atoms with Crippen LogP contribution in [0.3, 0.4) is 0 Å². The van der Waals surface area contributed by atoms with Gasteiger partial charge in [-0.1, -0.05) is 24.3 Å². The van der Waals surface area contributed by atoms with E-state index in [-0.39, 0.29) is 5.92 Å². The summed E-state index contributed by atoms with van der Waals surface area (Å²) < 4.78 is 10.2. The zero-order valence-corrected chi connectivity index (χ0v) is 14.8. The van der Waals surface area contributed by atoms with Gasteiger partial charge in [-0.05, 0) is 39.6 Å². The van der Waals surface area contributed by atoms with Crippen LogP contribution in [0.15, 0.2) is 59.0 Å². The number of hydrogen-bond acceptors (Lipinski definition) is 6. The highest BCUT2D eigenvalue weighted by Crippen LogP contribution is 2.45. The van der Waals surface area contributed by atoms with Gasteiger partial charge < -0.3 is 10.1 Å². The van der Waals surface area contributed by atoms with Gasteiger partial charge in [0.25, 0.3) is 0 Å². The van der Waals surface area contributed by atoms with Crippen LogP contribution in [0.25, 0.3) is 21.6 Å². The van der Waals surface area contributed by atoms with Crippen LogP contribution >= 0.6 is 0 Å². The van der Waals surface area contributed by atoms with Gasteiger partial charge in [0.1, 0.15) is 22.6 Å². The number of anilines is 1. The largest absolute Gasteiger partial charge is 0.497 e. The second-order valence-corrected chi connectivity index (χ2v) is 6.34. The average molecular weight is 370 g/mol. The Kier molecular flexibility index (Phi) is 3.59. The first kappa shape index (κ1) is 16.1. The minimum atomic E-state index is -0.347. The molecule has 0 amide bonds. The van der Waals surface area contributed by atoms with Crippen molar-refractivity contribution in [2.45, 2.75) is 5.92 Å². The SMILES string of the molecule is [C-]#[N+]C1=C(c2ccc(OC)cc2)Nc2[nH]ncc2C1c1cccc2nonc12. The van der Waals surface area contributed by atoms with Crippen LogP contribution in [0.4, 0.5) is 5.82 Å². The molecule has 0 radical (unpaired) electrons. The van der Waals surface area contributed by atoms with Crippen molar-refractivity contribution in [3.8, 4) is 5.75 Å². The van der Waals surface area contributed by atoms with Crippen LogP contribution in [0, 0.1) is 6.57 Å². The molecule has 2 aromatic carbocycles. The number of aromatic nitrogens is 4.